The van der Waals surface area contributed by atoms with Crippen molar-refractivity contribution in [3.8, 4) is 0 Å². The standard InChI is InChI=1S/C12H22N4O2S/c1-4-7-13-8-10-11(9(2)14-15-10)19(17,18)16-12(3)5-6-12/h13,16H,4-8H2,1-3H3,(H,14,15). The molecular weight excluding hydrogens is 264 g/mol. The van der Waals surface area contributed by atoms with E-state index in [2.05, 4.69) is 27.2 Å². The number of rotatable bonds is 7. The second kappa shape index (κ2) is 5.22. The minimum absolute atomic E-state index is 0.267. The van der Waals surface area contributed by atoms with Crippen molar-refractivity contribution in [3.63, 3.8) is 0 Å². The van der Waals surface area contributed by atoms with E-state index in [1.807, 2.05) is 6.92 Å². The van der Waals surface area contributed by atoms with Gasteiger partial charge >= 0.3 is 0 Å². The zero-order valence-corrected chi connectivity index (χ0v) is 12.5. The normalized spacial score (nSPS) is 17.6. The van der Waals surface area contributed by atoms with Crippen molar-refractivity contribution in [1.82, 2.24) is 20.2 Å². The summed E-state index contributed by atoms with van der Waals surface area (Å²) >= 11 is 0. The Balaban J connectivity index is 2.20. The number of hydrogen-bond donors (Lipinski definition) is 3. The van der Waals surface area contributed by atoms with Crippen LogP contribution in [0.4, 0.5) is 0 Å². The van der Waals surface area contributed by atoms with Gasteiger partial charge in [0.05, 0.1) is 11.4 Å². The summed E-state index contributed by atoms with van der Waals surface area (Å²) < 4.78 is 27.6. The third kappa shape index (κ3) is 3.34. The molecule has 0 spiro atoms. The van der Waals surface area contributed by atoms with Gasteiger partial charge in [0.25, 0.3) is 0 Å². The van der Waals surface area contributed by atoms with Crippen molar-refractivity contribution in [1.29, 1.82) is 0 Å². The monoisotopic (exact) mass is 286 g/mol. The Kier molecular flexibility index (Phi) is 3.98. The van der Waals surface area contributed by atoms with E-state index in [9.17, 15) is 8.42 Å². The number of sulfonamides is 1. The molecule has 1 saturated carbocycles. The third-order valence-corrected chi connectivity index (χ3v) is 5.17. The molecule has 0 atom stereocenters. The quantitative estimate of drug-likeness (QED) is 0.654. The Labute approximate surface area is 114 Å². The minimum Gasteiger partial charge on any atom is -0.311 e. The highest BCUT2D eigenvalue weighted by molar-refractivity contribution is 7.89. The fourth-order valence-electron chi connectivity index (χ4n) is 1.99. The zero-order chi connectivity index (χ0) is 14.1. The molecule has 0 saturated heterocycles. The minimum atomic E-state index is -3.49. The Morgan fingerprint density at radius 3 is 2.68 bits per heavy atom. The van der Waals surface area contributed by atoms with Gasteiger partial charge in [-0.25, -0.2) is 13.1 Å². The van der Waals surface area contributed by atoms with Crippen molar-refractivity contribution in [3.05, 3.63) is 11.4 Å². The maximum atomic E-state index is 12.4. The molecule has 3 N–H and O–H groups in total. The summed E-state index contributed by atoms with van der Waals surface area (Å²) in [4.78, 5) is 0.296. The summed E-state index contributed by atoms with van der Waals surface area (Å²) in [5.41, 5.74) is 0.879. The Morgan fingerprint density at radius 1 is 1.42 bits per heavy atom. The van der Waals surface area contributed by atoms with Crippen LogP contribution in [-0.2, 0) is 16.6 Å². The molecule has 1 aliphatic rings. The highest BCUT2D eigenvalue weighted by atomic mass is 32.2. The molecule has 0 radical (unpaired) electrons. The van der Waals surface area contributed by atoms with Crippen LogP contribution in [-0.4, -0.2) is 30.7 Å². The Hall–Kier alpha value is -0.920. The van der Waals surface area contributed by atoms with Gasteiger partial charge in [-0.2, -0.15) is 5.10 Å². The van der Waals surface area contributed by atoms with E-state index < -0.39 is 10.0 Å². The number of H-pyrrole nitrogens is 1. The number of nitrogens with zero attached hydrogens (tertiary/aromatic N) is 1. The van der Waals surface area contributed by atoms with Crippen molar-refractivity contribution < 1.29 is 8.42 Å². The summed E-state index contributed by atoms with van der Waals surface area (Å²) in [5.74, 6) is 0. The van der Waals surface area contributed by atoms with Crippen molar-refractivity contribution >= 4 is 10.0 Å². The van der Waals surface area contributed by atoms with Gasteiger partial charge in [0, 0.05) is 12.1 Å². The number of aromatic nitrogens is 2. The number of aryl methyl sites for hydroxylation is 1. The number of aromatic amines is 1. The summed E-state index contributed by atoms with van der Waals surface area (Å²) in [6.07, 6.45) is 2.79. The molecule has 1 fully saturated rings. The molecule has 19 heavy (non-hydrogen) atoms. The predicted octanol–water partition coefficient (Wildman–Crippen LogP) is 1.05. The molecule has 7 heteroatoms. The van der Waals surface area contributed by atoms with Crippen LogP contribution < -0.4 is 10.0 Å². The van der Waals surface area contributed by atoms with Crippen LogP contribution >= 0.6 is 0 Å². The second-order valence-electron chi connectivity index (χ2n) is 5.47. The third-order valence-electron chi connectivity index (χ3n) is 3.33. The lowest BCUT2D eigenvalue weighted by Crippen LogP contribution is -2.35. The molecule has 0 aliphatic heterocycles. The second-order valence-corrected chi connectivity index (χ2v) is 7.09. The topological polar surface area (TPSA) is 86.9 Å². The van der Waals surface area contributed by atoms with Gasteiger partial charge in [0.1, 0.15) is 4.90 Å². The van der Waals surface area contributed by atoms with Crippen molar-refractivity contribution in [2.45, 2.75) is 57.0 Å². The first-order chi connectivity index (χ1) is 8.88. The van der Waals surface area contributed by atoms with Gasteiger partial charge in [0.15, 0.2) is 0 Å². The molecule has 108 valence electrons. The Bertz CT molecular complexity index is 546. The number of nitrogens with one attached hydrogen (secondary N) is 3. The van der Waals surface area contributed by atoms with E-state index in [1.54, 1.807) is 6.92 Å². The molecule has 1 heterocycles. The van der Waals surface area contributed by atoms with Crippen LogP contribution in [0.1, 0.15) is 44.5 Å². The van der Waals surface area contributed by atoms with Crippen LogP contribution in [0.5, 0.6) is 0 Å². The largest absolute Gasteiger partial charge is 0.311 e. The summed E-state index contributed by atoms with van der Waals surface area (Å²) in [6.45, 7) is 7.03. The molecule has 1 aromatic rings. The Morgan fingerprint density at radius 2 is 2.11 bits per heavy atom. The molecule has 0 bridgehead atoms. The van der Waals surface area contributed by atoms with Gasteiger partial charge in [-0.3, -0.25) is 5.10 Å². The summed E-state index contributed by atoms with van der Waals surface area (Å²) in [7, 11) is -3.49. The van der Waals surface area contributed by atoms with Gasteiger partial charge < -0.3 is 5.32 Å². The van der Waals surface area contributed by atoms with Gasteiger partial charge in [-0.05, 0) is 39.7 Å². The SMILES string of the molecule is CCCNCc1n[nH]c(C)c1S(=O)(=O)NC1(C)CC1. The number of hydrogen-bond acceptors (Lipinski definition) is 4. The zero-order valence-electron chi connectivity index (χ0n) is 11.7. The van der Waals surface area contributed by atoms with Crippen molar-refractivity contribution in [2.24, 2.45) is 0 Å². The highest BCUT2D eigenvalue weighted by Crippen LogP contribution is 2.36. The molecular formula is C12H22N4O2S. The lowest BCUT2D eigenvalue weighted by Gasteiger charge is -2.13. The average molecular weight is 286 g/mol. The first kappa shape index (κ1) is 14.5. The van der Waals surface area contributed by atoms with Crippen molar-refractivity contribution in [2.75, 3.05) is 6.54 Å². The first-order valence-corrected chi connectivity index (χ1v) is 8.15. The predicted molar refractivity (Wildman–Crippen MR) is 73.3 cm³/mol. The van der Waals surface area contributed by atoms with Crippen LogP contribution in [0.3, 0.4) is 0 Å². The maximum absolute atomic E-state index is 12.4. The van der Waals surface area contributed by atoms with E-state index in [0.29, 0.717) is 22.8 Å². The van der Waals surface area contributed by atoms with E-state index in [1.165, 1.54) is 0 Å². The summed E-state index contributed by atoms with van der Waals surface area (Å²) in [5, 5.41) is 10.0. The molecule has 0 unspecified atom stereocenters. The van der Waals surface area contributed by atoms with Crippen LogP contribution in [0.2, 0.25) is 0 Å². The smallest absolute Gasteiger partial charge is 0.244 e. The van der Waals surface area contributed by atoms with Crippen LogP contribution in [0.15, 0.2) is 4.90 Å². The summed E-state index contributed by atoms with van der Waals surface area (Å²) in [6, 6.07) is 0. The average Bonchev–Trinajstić information content (AvgIpc) is 2.88. The lowest BCUT2D eigenvalue weighted by atomic mass is 10.3. The van der Waals surface area contributed by atoms with E-state index >= 15 is 0 Å². The van der Waals surface area contributed by atoms with E-state index in [4.69, 9.17) is 0 Å². The van der Waals surface area contributed by atoms with Crippen LogP contribution in [0.25, 0.3) is 0 Å². The lowest BCUT2D eigenvalue weighted by molar-refractivity contribution is 0.555. The first-order valence-electron chi connectivity index (χ1n) is 6.66. The maximum Gasteiger partial charge on any atom is 0.244 e. The van der Waals surface area contributed by atoms with E-state index in [0.717, 1.165) is 25.8 Å². The van der Waals surface area contributed by atoms with E-state index in [-0.39, 0.29) is 5.54 Å². The molecule has 0 aromatic carbocycles. The highest BCUT2D eigenvalue weighted by Gasteiger charge is 2.42. The fraction of sp³-hybridized carbons (Fsp3) is 0.750. The molecule has 1 aliphatic carbocycles. The van der Waals surface area contributed by atoms with Gasteiger partial charge in [-0.1, -0.05) is 6.92 Å². The molecule has 6 nitrogen and oxygen atoms in total. The van der Waals surface area contributed by atoms with Gasteiger partial charge in [0.2, 0.25) is 10.0 Å². The van der Waals surface area contributed by atoms with Gasteiger partial charge in [-0.15, -0.1) is 0 Å². The van der Waals surface area contributed by atoms with Crippen LogP contribution in [0, 0.1) is 6.92 Å². The fourth-order valence-corrected chi connectivity index (χ4v) is 3.83. The molecule has 0 amide bonds. The molecule has 1 aromatic heterocycles. The molecule has 2 rings (SSSR count).